The number of nitrogens with zero attached hydrogens (tertiary/aromatic N) is 5. The second-order valence-electron chi connectivity index (χ2n) is 6.01. The number of methoxy groups -OCH3 is 1. The van der Waals surface area contributed by atoms with Gasteiger partial charge in [-0.25, -0.2) is 9.97 Å². The summed E-state index contributed by atoms with van der Waals surface area (Å²) in [6.07, 6.45) is 2.53. The molecule has 25 heavy (non-hydrogen) atoms. The molecule has 0 aliphatic carbocycles. The summed E-state index contributed by atoms with van der Waals surface area (Å²) >= 11 is 0. The van der Waals surface area contributed by atoms with Gasteiger partial charge < -0.3 is 19.3 Å². The van der Waals surface area contributed by atoms with Crippen LogP contribution in [-0.2, 0) is 14.3 Å². The molecule has 2 fully saturated rings. The fourth-order valence-electron chi connectivity index (χ4n) is 3.26. The predicted octanol–water partition coefficient (Wildman–Crippen LogP) is 0.611. The number of rotatable bonds is 4. The molecule has 10 nitrogen and oxygen atoms in total. The number of hydrogen-bond acceptors (Lipinski definition) is 9. The second-order valence-corrected chi connectivity index (χ2v) is 6.01. The van der Waals surface area contributed by atoms with E-state index in [1.54, 1.807) is 0 Å². The quantitative estimate of drug-likeness (QED) is 0.437. The first-order chi connectivity index (χ1) is 12.1. The van der Waals surface area contributed by atoms with Crippen LogP contribution in [0.4, 0.5) is 17.3 Å². The third kappa shape index (κ3) is 3.63. The molecule has 2 saturated heterocycles. The summed E-state index contributed by atoms with van der Waals surface area (Å²) in [6, 6.07) is 0. The van der Waals surface area contributed by atoms with Crippen molar-refractivity contribution in [3.8, 4) is 0 Å². The van der Waals surface area contributed by atoms with E-state index < -0.39 is 4.92 Å². The molecular weight excluding hydrogens is 330 g/mol. The average Bonchev–Trinajstić information content (AvgIpc) is 2.67. The fourth-order valence-corrected chi connectivity index (χ4v) is 3.26. The molecule has 1 aromatic rings. The number of piperidine rings is 1. The Morgan fingerprint density at radius 3 is 2.28 bits per heavy atom. The summed E-state index contributed by atoms with van der Waals surface area (Å²) in [5.41, 5.74) is -0.0825. The molecule has 0 bridgehead atoms. The molecule has 1 aromatic heterocycles. The van der Waals surface area contributed by atoms with Crippen molar-refractivity contribution in [2.45, 2.75) is 12.8 Å². The number of esters is 1. The highest BCUT2D eigenvalue weighted by Gasteiger charge is 2.33. The maximum atomic E-state index is 11.7. The maximum absolute atomic E-state index is 11.7. The molecule has 0 saturated carbocycles. The lowest BCUT2D eigenvalue weighted by Gasteiger charge is -2.32. The van der Waals surface area contributed by atoms with E-state index in [2.05, 4.69) is 9.97 Å². The monoisotopic (exact) mass is 351 g/mol. The molecule has 136 valence electrons. The van der Waals surface area contributed by atoms with Crippen molar-refractivity contribution < 1.29 is 19.2 Å². The summed E-state index contributed by atoms with van der Waals surface area (Å²) in [5.74, 6) is 0.241. The zero-order valence-corrected chi connectivity index (χ0v) is 14.1. The smallest absolute Gasteiger partial charge is 0.353 e. The van der Waals surface area contributed by atoms with E-state index in [-0.39, 0.29) is 17.6 Å². The number of carbonyl (C=O) groups is 1. The van der Waals surface area contributed by atoms with Gasteiger partial charge in [-0.3, -0.25) is 14.9 Å². The van der Waals surface area contributed by atoms with Gasteiger partial charge in [0.1, 0.15) is 6.33 Å². The number of nitro groups is 1. The molecule has 0 spiro atoms. The highest BCUT2D eigenvalue weighted by atomic mass is 16.6. The Bertz CT molecular complexity index is 641. The first-order valence-corrected chi connectivity index (χ1v) is 8.26. The second kappa shape index (κ2) is 7.60. The topological polar surface area (TPSA) is 111 Å². The SMILES string of the molecule is COC(=O)C1CCN(c2ncnc(N3CCOCC3)c2[N+](=O)[O-])CC1. The molecule has 10 heteroatoms. The Kier molecular flexibility index (Phi) is 5.27. The van der Waals surface area contributed by atoms with Crippen LogP contribution >= 0.6 is 0 Å². The van der Waals surface area contributed by atoms with E-state index in [4.69, 9.17) is 9.47 Å². The van der Waals surface area contributed by atoms with Gasteiger partial charge in [-0.15, -0.1) is 0 Å². The Hall–Kier alpha value is -2.49. The minimum Gasteiger partial charge on any atom is -0.469 e. The van der Waals surface area contributed by atoms with Gasteiger partial charge >= 0.3 is 11.7 Å². The molecule has 0 radical (unpaired) electrons. The van der Waals surface area contributed by atoms with Crippen molar-refractivity contribution in [1.82, 2.24) is 9.97 Å². The van der Waals surface area contributed by atoms with E-state index in [1.165, 1.54) is 13.4 Å². The number of carbonyl (C=O) groups excluding carboxylic acids is 1. The Morgan fingerprint density at radius 1 is 1.20 bits per heavy atom. The third-order valence-corrected chi connectivity index (χ3v) is 4.61. The summed E-state index contributed by atoms with van der Waals surface area (Å²) in [7, 11) is 1.37. The average molecular weight is 351 g/mol. The van der Waals surface area contributed by atoms with Crippen LogP contribution in [0.5, 0.6) is 0 Å². The first kappa shape index (κ1) is 17.3. The molecule has 2 aliphatic heterocycles. The summed E-state index contributed by atoms with van der Waals surface area (Å²) in [5, 5.41) is 11.7. The molecule has 2 aliphatic rings. The fraction of sp³-hybridized carbons (Fsp3) is 0.667. The number of aromatic nitrogens is 2. The van der Waals surface area contributed by atoms with Gasteiger partial charge in [-0.1, -0.05) is 0 Å². The van der Waals surface area contributed by atoms with Crippen LogP contribution in [0.25, 0.3) is 0 Å². The van der Waals surface area contributed by atoms with Gasteiger partial charge in [-0.05, 0) is 12.8 Å². The molecule has 0 atom stereocenters. The van der Waals surface area contributed by atoms with E-state index in [9.17, 15) is 14.9 Å². The van der Waals surface area contributed by atoms with E-state index in [1.807, 2.05) is 9.80 Å². The van der Waals surface area contributed by atoms with Crippen LogP contribution in [0.3, 0.4) is 0 Å². The molecule has 0 amide bonds. The van der Waals surface area contributed by atoms with Crippen molar-refractivity contribution >= 4 is 23.3 Å². The minimum absolute atomic E-state index is 0.0825. The van der Waals surface area contributed by atoms with Crippen LogP contribution < -0.4 is 9.80 Å². The van der Waals surface area contributed by atoms with Gasteiger partial charge in [0.15, 0.2) is 0 Å². The van der Waals surface area contributed by atoms with E-state index in [0.29, 0.717) is 63.9 Å². The largest absolute Gasteiger partial charge is 0.469 e. The van der Waals surface area contributed by atoms with Crippen LogP contribution in [0.15, 0.2) is 6.33 Å². The van der Waals surface area contributed by atoms with Crippen molar-refractivity contribution in [3.63, 3.8) is 0 Å². The lowest BCUT2D eigenvalue weighted by molar-refractivity contribution is -0.383. The van der Waals surface area contributed by atoms with E-state index >= 15 is 0 Å². The number of morpholine rings is 1. The summed E-state index contributed by atoms with van der Waals surface area (Å²) < 4.78 is 10.1. The standard InChI is InChI=1S/C15H21N5O5/c1-24-15(21)11-2-4-18(5-3-11)13-12(20(22)23)14(17-10-16-13)19-6-8-25-9-7-19/h10-11H,2-9H2,1H3. The minimum atomic E-state index is -0.424. The van der Waals surface area contributed by atoms with Gasteiger partial charge in [0.25, 0.3) is 0 Å². The summed E-state index contributed by atoms with van der Waals surface area (Å²) in [6.45, 7) is 3.17. The van der Waals surface area contributed by atoms with E-state index in [0.717, 1.165) is 0 Å². The molecule has 0 N–H and O–H groups in total. The lowest BCUT2D eigenvalue weighted by atomic mass is 9.97. The Balaban J connectivity index is 1.84. The zero-order valence-electron chi connectivity index (χ0n) is 14.1. The highest BCUT2D eigenvalue weighted by Crippen LogP contribution is 2.36. The maximum Gasteiger partial charge on any atom is 0.353 e. The van der Waals surface area contributed by atoms with Crippen LogP contribution in [0.1, 0.15) is 12.8 Å². The third-order valence-electron chi connectivity index (χ3n) is 4.61. The van der Waals surface area contributed by atoms with Crippen molar-refractivity contribution in [2.24, 2.45) is 5.92 Å². The van der Waals surface area contributed by atoms with Gasteiger partial charge in [0.2, 0.25) is 11.6 Å². The summed E-state index contributed by atoms with van der Waals surface area (Å²) in [4.78, 5) is 35.0. The number of anilines is 2. The van der Waals surface area contributed by atoms with Crippen molar-refractivity contribution in [1.29, 1.82) is 0 Å². The van der Waals surface area contributed by atoms with Gasteiger partial charge in [-0.2, -0.15) is 0 Å². The van der Waals surface area contributed by atoms with Gasteiger partial charge in [0, 0.05) is 26.2 Å². The zero-order chi connectivity index (χ0) is 17.8. The number of hydrogen-bond donors (Lipinski definition) is 0. The molecular formula is C15H21N5O5. The van der Waals surface area contributed by atoms with Crippen LogP contribution in [0.2, 0.25) is 0 Å². The first-order valence-electron chi connectivity index (χ1n) is 8.26. The molecule has 0 unspecified atom stereocenters. The number of ether oxygens (including phenoxy) is 2. The highest BCUT2D eigenvalue weighted by molar-refractivity contribution is 5.74. The van der Waals surface area contributed by atoms with Gasteiger partial charge in [0.05, 0.1) is 31.2 Å². The predicted molar refractivity (Wildman–Crippen MR) is 88.7 cm³/mol. The molecule has 3 rings (SSSR count). The normalized spacial score (nSPS) is 18.9. The lowest BCUT2D eigenvalue weighted by Crippen LogP contribution is -2.39. The molecule has 0 aromatic carbocycles. The Morgan fingerprint density at radius 2 is 1.76 bits per heavy atom. The van der Waals surface area contributed by atoms with Crippen LogP contribution in [0, 0.1) is 16.0 Å². The molecule has 3 heterocycles. The van der Waals surface area contributed by atoms with Crippen molar-refractivity contribution in [3.05, 3.63) is 16.4 Å². The van der Waals surface area contributed by atoms with Crippen LogP contribution in [-0.4, -0.2) is 67.4 Å². The van der Waals surface area contributed by atoms with Crippen molar-refractivity contribution in [2.75, 3.05) is 56.3 Å². The Labute approximate surface area is 144 Å².